The van der Waals surface area contributed by atoms with Crippen LogP contribution in [-0.4, -0.2) is 35.2 Å². The van der Waals surface area contributed by atoms with Crippen LogP contribution in [0.3, 0.4) is 0 Å². The summed E-state index contributed by atoms with van der Waals surface area (Å²) in [5.41, 5.74) is 1.87. The van der Waals surface area contributed by atoms with E-state index in [0.717, 1.165) is 28.6 Å². The second-order valence-electron chi connectivity index (χ2n) is 6.58. The number of aromatic nitrogens is 1. The van der Waals surface area contributed by atoms with Gasteiger partial charge in [-0.05, 0) is 52.3 Å². The number of thiazole rings is 1. The maximum Gasteiger partial charge on any atom is 0.191 e. The van der Waals surface area contributed by atoms with Crippen LogP contribution in [-0.2, 0) is 6.54 Å². The summed E-state index contributed by atoms with van der Waals surface area (Å²) in [7, 11) is 0. The molecule has 1 atom stereocenters. The average Bonchev–Trinajstić information content (AvgIpc) is 2.94. The third-order valence-electron chi connectivity index (χ3n) is 3.87. The van der Waals surface area contributed by atoms with Gasteiger partial charge in [0.25, 0.3) is 0 Å². The van der Waals surface area contributed by atoms with Gasteiger partial charge in [-0.3, -0.25) is 0 Å². The smallest absolute Gasteiger partial charge is 0.191 e. The number of halogens is 1. The first-order valence-corrected chi connectivity index (χ1v) is 10.1. The monoisotopic (exact) mass is 518 g/mol. The van der Waals surface area contributed by atoms with Gasteiger partial charge in [0.15, 0.2) is 5.96 Å². The molecule has 1 unspecified atom stereocenters. The first-order valence-electron chi connectivity index (χ1n) is 9.28. The average molecular weight is 518 g/mol. The molecular formula is C20H31IN4O2S. The third kappa shape index (κ3) is 7.92. The van der Waals surface area contributed by atoms with Crippen LogP contribution in [0.1, 0.15) is 48.0 Å². The van der Waals surface area contributed by atoms with Crippen molar-refractivity contribution in [3.05, 3.63) is 45.4 Å². The Morgan fingerprint density at radius 3 is 2.64 bits per heavy atom. The van der Waals surface area contributed by atoms with Gasteiger partial charge in [0.2, 0.25) is 0 Å². The summed E-state index contributed by atoms with van der Waals surface area (Å²) >= 11 is 1.66. The molecule has 1 heterocycles. The first-order chi connectivity index (χ1) is 12.9. The SMILES string of the molecule is CCNC(=NCc1nc(C)c(C)s1)NCC(O)c1cccc(OC(C)C)c1.I. The lowest BCUT2D eigenvalue weighted by molar-refractivity contribution is 0.179. The maximum absolute atomic E-state index is 10.5. The van der Waals surface area contributed by atoms with Crippen molar-refractivity contribution in [3.8, 4) is 5.75 Å². The van der Waals surface area contributed by atoms with E-state index >= 15 is 0 Å². The number of nitrogens with one attached hydrogen (secondary N) is 2. The first kappa shape index (κ1) is 24.6. The highest BCUT2D eigenvalue weighted by Gasteiger charge is 2.10. The molecule has 1 aromatic heterocycles. The molecule has 0 saturated carbocycles. The zero-order valence-corrected chi connectivity index (χ0v) is 20.3. The molecule has 6 nitrogen and oxygen atoms in total. The lowest BCUT2D eigenvalue weighted by atomic mass is 10.1. The summed E-state index contributed by atoms with van der Waals surface area (Å²) in [5.74, 6) is 1.42. The van der Waals surface area contributed by atoms with E-state index in [1.54, 1.807) is 11.3 Å². The predicted octanol–water partition coefficient (Wildman–Crippen LogP) is 3.95. The van der Waals surface area contributed by atoms with Crippen LogP contribution in [0.25, 0.3) is 0 Å². The number of hydrogen-bond donors (Lipinski definition) is 3. The maximum atomic E-state index is 10.5. The van der Waals surface area contributed by atoms with Gasteiger partial charge in [-0.25, -0.2) is 9.98 Å². The highest BCUT2D eigenvalue weighted by Crippen LogP contribution is 2.20. The van der Waals surface area contributed by atoms with Crippen molar-refractivity contribution in [2.75, 3.05) is 13.1 Å². The minimum atomic E-state index is -0.658. The molecule has 0 aliphatic carbocycles. The third-order valence-corrected chi connectivity index (χ3v) is 4.92. The van der Waals surface area contributed by atoms with Crippen LogP contribution in [0.2, 0.25) is 0 Å². The normalized spacial score (nSPS) is 12.5. The Hall–Kier alpha value is -1.39. The van der Waals surface area contributed by atoms with Gasteiger partial charge >= 0.3 is 0 Å². The van der Waals surface area contributed by atoms with Gasteiger partial charge in [0, 0.05) is 18.0 Å². The molecule has 0 aliphatic heterocycles. The Morgan fingerprint density at radius 1 is 1.29 bits per heavy atom. The number of guanidine groups is 1. The quantitative estimate of drug-likeness (QED) is 0.280. The molecule has 0 saturated heterocycles. The van der Waals surface area contributed by atoms with E-state index in [1.807, 2.05) is 52.0 Å². The minimum Gasteiger partial charge on any atom is -0.491 e. The Labute approximate surface area is 188 Å². The molecular weight excluding hydrogens is 487 g/mol. The molecule has 0 bridgehead atoms. The van der Waals surface area contributed by atoms with Gasteiger partial charge in [0.1, 0.15) is 10.8 Å². The molecule has 156 valence electrons. The molecule has 2 rings (SSSR count). The molecule has 0 radical (unpaired) electrons. The van der Waals surface area contributed by atoms with Crippen molar-refractivity contribution in [1.29, 1.82) is 0 Å². The molecule has 2 aromatic rings. The standard InChI is InChI=1S/C20H30N4O2S.HI/c1-6-21-20(23-12-19-24-14(4)15(5)27-19)22-11-18(25)16-8-7-9-17(10-16)26-13(2)3;/h7-10,13,18,25H,6,11-12H2,1-5H3,(H2,21,22,23);1H. The largest absolute Gasteiger partial charge is 0.491 e. The van der Waals surface area contributed by atoms with Crippen LogP contribution in [0.4, 0.5) is 0 Å². The van der Waals surface area contributed by atoms with Crippen molar-refractivity contribution < 1.29 is 9.84 Å². The van der Waals surface area contributed by atoms with E-state index in [9.17, 15) is 5.11 Å². The zero-order chi connectivity index (χ0) is 19.8. The van der Waals surface area contributed by atoms with Crippen molar-refractivity contribution >= 4 is 41.3 Å². The van der Waals surface area contributed by atoms with Crippen LogP contribution >= 0.6 is 35.3 Å². The van der Waals surface area contributed by atoms with Crippen molar-refractivity contribution in [2.24, 2.45) is 4.99 Å². The van der Waals surface area contributed by atoms with Gasteiger partial charge in [-0.15, -0.1) is 35.3 Å². The highest BCUT2D eigenvalue weighted by atomic mass is 127. The van der Waals surface area contributed by atoms with Crippen molar-refractivity contribution in [1.82, 2.24) is 15.6 Å². The van der Waals surface area contributed by atoms with E-state index < -0.39 is 6.10 Å². The Morgan fingerprint density at radius 2 is 2.04 bits per heavy atom. The number of aliphatic hydroxyl groups is 1. The van der Waals surface area contributed by atoms with E-state index in [-0.39, 0.29) is 30.1 Å². The predicted molar refractivity (Wildman–Crippen MR) is 127 cm³/mol. The summed E-state index contributed by atoms with van der Waals surface area (Å²) in [6, 6.07) is 7.55. The Kier molecular flexibility index (Phi) is 10.8. The van der Waals surface area contributed by atoms with Crippen LogP contribution in [0.5, 0.6) is 5.75 Å². The number of benzene rings is 1. The second-order valence-corrected chi connectivity index (χ2v) is 7.87. The number of hydrogen-bond acceptors (Lipinski definition) is 5. The molecule has 3 N–H and O–H groups in total. The zero-order valence-electron chi connectivity index (χ0n) is 17.2. The summed E-state index contributed by atoms with van der Waals surface area (Å²) in [6.45, 7) is 11.7. The van der Waals surface area contributed by atoms with Gasteiger partial charge in [-0.2, -0.15) is 0 Å². The van der Waals surface area contributed by atoms with Crippen molar-refractivity contribution in [3.63, 3.8) is 0 Å². The lowest BCUT2D eigenvalue weighted by Gasteiger charge is -2.17. The summed E-state index contributed by atoms with van der Waals surface area (Å²) in [6.07, 6.45) is -0.560. The number of rotatable bonds is 8. The molecule has 28 heavy (non-hydrogen) atoms. The summed E-state index contributed by atoms with van der Waals surface area (Å²) in [4.78, 5) is 10.3. The fourth-order valence-electron chi connectivity index (χ4n) is 2.47. The van der Waals surface area contributed by atoms with Gasteiger partial charge in [-0.1, -0.05) is 12.1 Å². The van der Waals surface area contributed by atoms with Crippen LogP contribution in [0.15, 0.2) is 29.3 Å². The summed E-state index contributed by atoms with van der Waals surface area (Å²) < 4.78 is 5.69. The van der Waals surface area contributed by atoms with E-state index in [1.165, 1.54) is 4.88 Å². The molecule has 1 aromatic carbocycles. The lowest BCUT2D eigenvalue weighted by Crippen LogP contribution is -2.39. The number of aliphatic hydroxyl groups excluding tert-OH is 1. The number of nitrogens with zero attached hydrogens (tertiary/aromatic N) is 2. The van der Waals surface area contributed by atoms with E-state index in [4.69, 9.17) is 4.74 Å². The highest BCUT2D eigenvalue weighted by molar-refractivity contribution is 14.0. The van der Waals surface area contributed by atoms with Gasteiger partial charge < -0.3 is 20.5 Å². The number of aryl methyl sites for hydroxylation is 2. The summed E-state index contributed by atoms with van der Waals surface area (Å²) in [5, 5.41) is 17.9. The topological polar surface area (TPSA) is 78.8 Å². The Bertz CT molecular complexity index is 745. The van der Waals surface area contributed by atoms with Gasteiger partial charge in [0.05, 0.1) is 24.4 Å². The Balaban J connectivity index is 0.00000392. The molecule has 0 fully saturated rings. The molecule has 0 spiro atoms. The molecule has 8 heteroatoms. The van der Waals surface area contributed by atoms with E-state index in [0.29, 0.717) is 19.0 Å². The fraction of sp³-hybridized carbons (Fsp3) is 0.500. The fourth-order valence-corrected chi connectivity index (χ4v) is 3.33. The number of ether oxygens (including phenoxy) is 1. The molecule has 0 aliphatic rings. The second kappa shape index (κ2) is 12.2. The number of aliphatic imine (C=N–C) groups is 1. The molecule has 0 amide bonds. The van der Waals surface area contributed by atoms with Crippen molar-refractivity contribution in [2.45, 2.75) is 53.4 Å². The van der Waals surface area contributed by atoms with E-state index in [2.05, 4.69) is 27.5 Å². The van der Waals surface area contributed by atoms with Crippen LogP contribution in [0, 0.1) is 13.8 Å². The van der Waals surface area contributed by atoms with Crippen LogP contribution < -0.4 is 15.4 Å². The minimum absolute atomic E-state index is 0.